The van der Waals surface area contributed by atoms with Crippen molar-refractivity contribution < 1.29 is 18.3 Å². The number of rotatable bonds is 5. The maximum absolute atomic E-state index is 11.5. The number of benzene rings is 1. The Labute approximate surface area is 98.8 Å². The van der Waals surface area contributed by atoms with Gasteiger partial charge in [0.25, 0.3) is 0 Å². The highest BCUT2D eigenvalue weighted by Gasteiger charge is 2.14. The SMILES string of the molecule is O=C(CCl)c1ccc(S(=O)(=O)CCO)cc1. The second-order valence-electron chi connectivity index (χ2n) is 3.12. The lowest BCUT2D eigenvalue weighted by atomic mass is 10.1. The molecular formula is C10H11ClO4S. The van der Waals surface area contributed by atoms with Crippen LogP contribution in [-0.2, 0) is 9.84 Å². The fraction of sp³-hybridized carbons (Fsp3) is 0.300. The molecule has 0 fully saturated rings. The van der Waals surface area contributed by atoms with Gasteiger partial charge in [-0.3, -0.25) is 4.79 Å². The van der Waals surface area contributed by atoms with Crippen LogP contribution >= 0.6 is 11.6 Å². The molecule has 0 heterocycles. The van der Waals surface area contributed by atoms with E-state index in [9.17, 15) is 13.2 Å². The Morgan fingerprint density at radius 3 is 2.25 bits per heavy atom. The molecule has 0 saturated heterocycles. The van der Waals surface area contributed by atoms with Crippen LogP contribution in [0.4, 0.5) is 0 Å². The summed E-state index contributed by atoms with van der Waals surface area (Å²) in [6, 6.07) is 5.50. The molecule has 0 aliphatic rings. The molecule has 6 heteroatoms. The van der Waals surface area contributed by atoms with Crippen LogP contribution in [0.2, 0.25) is 0 Å². The Hall–Kier alpha value is -0.910. The van der Waals surface area contributed by atoms with Gasteiger partial charge in [-0.05, 0) is 12.1 Å². The maximum atomic E-state index is 11.5. The van der Waals surface area contributed by atoms with Crippen molar-refractivity contribution in [3.05, 3.63) is 29.8 Å². The highest BCUT2D eigenvalue weighted by atomic mass is 35.5. The molecule has 0 amide bonds. The predicted octanol–water partition coefficient (Wildman–Crippen LogP) is 0.874. The number of hydrogen-bond donors (Lipinski definition) is 1. The zero-order valence-electron chi connectivity index (χ0n) is 8.39. The number of aliphatic hydroxyl groups excluding tert-OH is 1. The number of ketones is 1. The van der Waals surface area contributed by atoms with E-state index in [2.05, 4.69) is 0 Å². The number of hydrogen-bond acceptors (Lipinski definition) is 4. The molecule has 1 aromatic carbocycles. The van der Waals surface area contributed by atoms with Crippen LogP contribution in [0, 0.1) is 0 Å². The zero-order chi connectivity index (χ0) is 12.2. The molecule has 4 nitrogen and oxygen atoms in total. The number of carbonyl (C=O) groups is 1. The topological polar surface area (TPSA) is 71.4 Å². The predicted molar refractivity (Wildman–Crippen MR) is 60.6 cm³/mol. The lowest BCUT2D eigenvalue weighted by Gasteiger charge is -2.03. The Balaban J connectivity index is 3.00. The number of halogens is 1. The summed E-state index contributed by atoms with van der Waals surface area (Å²) in [5.41, 5.74) is 0.373. The molecule has 0 saturated carbocycles. The standard InChI is InChI=1S/C10H11ClO4S/c11-7-10(13)8-1-3-9(4-2-8)16(14,15)6-5-12/h1-4,12H,5-7H2. The largest absolute Gasteiger partial charge is 0.395 e. The van der Waals surface area contributed by atoms with Crippen molar-refractivity contribution in [1.29, 1.82) is 0 Å². The molecule has 1 rings (SSSR count). The van der Waals surface area contributed by atoms with E-state index in [1.54, 1.807) is 0 Å². The van der Waals surface area contributed by atoms with Crippen molar-refractivity contribution >= 4 is 27.2 Å². The van der Waals surface area contributed by atoms with Crippen LogP contribution in [0.25, 0.3) is 0 Å². The fourth-order valence-electron chi connectivity index (χ4n) is 1.16. The van der Waals surface area contributed by atoms with Crippen LogP contribution in [0.3, 0.4) is 0 Å². The van der Waals surface area contributed by atoms with E-state index in [0.717, 1.165) is 0 Å². The number of Topliss-reactive ketones (excluding diaryl/α,β-unsaturated/α-hetero) is 1. The quantitative estimate of drug-likeness (QED) is 0.631. The van der Waals surface area contributed by atoms with E-state index in [1.165, 1.54) is 24.3 Å². The molecule has 1 N–H and O–H groups in total. The highest BCUT2D eigenvalue weighted by Crippen LogP contribution is 2.13. The maximum Gasteiger partial charge on any atom is 0.180 e. The third-order valence-electron chi connectivity index (χ3n) is 2.02. The molecule has 88 valence electrons. The molecular weight excluding hydrogens is 252 g/mol. The van der Waals surface area contributed by atoms with Gasteiger partial charge in [-0.2, -0.15) is 0 Å². The molecule has 1 aromatic rings. The van der Waals surface area contributed by atoms with E-state index in [4.69, 9.17) is 16.7 Å². The van der Waals surface area contributed by atoms with E-state index in [1.807, 2.05) is 0 Å². The van der Waals surface area contributed by atoms with E-state index >= 15 is 0 Å². The van der Waals surface area contributed by atoms with E-state index < -0.39 is 16.4 Å². The van der Waals surface area contributed by atoms with Gasteiger partial charge in [0.2, 0.25) is 0 Å². The van der Waals surface area contributed by atoms with Crippen LogP contribution in [0.15, 0.2) is 29.2 Å². The number of aliphatic hydroxyl groups is 1. The fourth-order valence-corrected chi connectivity index (χ4v) is 2.34. The Bertz CT molecular complexity index is 464. The van der Waals surface area contributed by atoms with Crippen molar-refractivity contribution in [2.24, 2.45) is 0 Å². The molecule has 0 spiro atoms. The number of sulfone groups is 1. The molecule has 0 aromatic heterocycles. The van der Waals surface area contributed by atoms with Crippen LogP contribution in [-0.4, -0.2) is 37.5 Å². The minimum atomic E-state index is -3.45. The summed E-state index contributed by atoms with van der Waals surface area (Å²) < 4.78 is 23.0. The van der Waals surface area contributed by atoms with Gasteiger partial charge in [0, 0.05) is 5.56 Å². The second-order valence-corrected chi connectivity index (χ2v) is 5.50. The average molecular weight is 263 g/mol. The summed E-state index contributed by atoms with van der Waals surface area (Å²) in [4.78, 5) is 11.3. The van der Waals surface area contributed by atoms with Gasteiger partial charge in [0.05, 0.1) is 23.1 Å². The monoisotopic (exact) mass is 262 g/mol. The first-order chi connectivity index (χ1) is 7.51. The molecule has 0 unspecified atom stereocenters. The third-order valence-corrected chi connectivity index (χ3v) is 3.97. The smallest absolute Gasteiger partial charge is 0.180 e. The first-order valence-electron chi connectivity index (χ1n) is 4.54. The van der Waals surface area contributed by atoms with Crippen molar-refractivity contribution in [3.8, 4) is 0 Å². The second kappa shape index (κ2) is 5.43. The van der Waals surface area contributed by atoms with E-state index in [0.29, 0.717) is 5.56 Å². The first kappa shape index (κ1) is 13.2. The Kier molecular flexibility index (Phi) is 4.46. The highest BCUT2D eigenvalue weighted by molar-refractivity contribution is 7.91. The summed E-state index contributed by atoms with van der Waals surface area (Å²) in [7, 11) is -3.45. The van der Waals surface area contributed by atoms with Gasteiger partial charge >= 0.3 is 0 Å². The van der Waals surface area contributed by atoms with Gasteiger partial charge < -0.3 is 5.11 Å². The van der Waals surface area contributed by atoms with E-state index in [-0.39, 0.29) is 22.3 Å². The van der Waals surface area contributed by atoms with Crippen LogP contribution < -0.4 is 0 Å². The molecule has 0 bridgehead atoms. The minimum Gasteiger partial charge on any atom is -0.395 e. The van der Waals surface area contributed by atoms with Gasteiger partial charge in [-0.25, -0.2) is 8.42 Å². The van der Waals surface area contributed by atoms with Crippen molar-refractivity contribution in [2.75, 3.05) is 18.2 Å². The summed E-state index contributed by atoms with van der Waals surface area (Å²) in [6.45, 7) is -0.426. The van der Waals surface area contributed by atoms with Crippen LogP contribution in [0.5, 0.6) is 0 Å². The summed E-state index contributed by atoms with van der Waals surface area (Å²) in [6.07, 6.45) is 0. The minimum absolute atomic E-state index is 0.0904. The lowest BCUT2D eigenvalue weighted by molar-refractivity contribution is 0.102. The van der Waals surface area contributed by atoms with Crippen molar-refractivity contribution in [2.45, 2.75) is 4.90 Å². The average Bonchev–Trinajstić information content (AvgIpc) is 2.28. The van der Waals surface area contributed by atoms with Gasteiger partial charge in [0.15, 0.2) is 15.6 Å². The molecule has 0 atom stereocenters. The van der Waals surface area contributed by atoms with Gasteiger partial charge in [-0.15, -0.1) is 11.6 Å². The van der Waals surface area contributed by atoms with Crippen LogP contribution in [0.1, 0.15) is 10.4 Å². The van der Waals surface area contributed by atoms with Gasteiger partial charge in [0.1, 0.15) is 0 Å². The number of alkyl halides is 1. The summed E-state index contributed by atoms with van der Waals surface area (Å²) in [5, 5.41) is 8.59. The van der Waals surface area contributed by atoms with Gasteiger partial charge in [-0.1, -0.05) is 12.1 Å². The Morgan fingerprint density at radius 2 is 1.81 bits per heavy atom. The van der Waals surface area contributed by atoms with Crippen molar-refractivity contribution in [1.82, 2.24) is 0 Å². The molecule has 0 aliphatic carbocycles. The zero-order valence-corrected chi connectivity index (χ0v) is 9.96. The van der Waals surface area contributed by atoms with Crippen molar-refractivity contribution in [3.63, 3.8) is 0 Å². The normalized spacial score (nSPS) is 11.4. The summed E-state index contributed by atoms with van der Waals surface area (Å²) >= 11 is 5.37. The molecule has 0 aliphatic heterocycles. The Morgan fingerprint density at radius 1 is 1.25 bits per heavy atom. The summed E-state index contributed by atoms with van der Waals surface area (Å²) in [5.74, 6) is -0.716. The third kappa shape index (κ3) is 3.04. The lowest BCUT2D eigenvalue weighted by Crippen LogP contribution is -2.10. The molecule has 0 radical (unpaired) electrons. The molecule has 16 heavy (non-hydrogen) atoms. The number of carbonyl (C=O) groups excluding carboxylic acids is 1. The first-order valence-corrected chi connectivity index (χ1v) is 6.73.